The van der Waals surface area contributed by atoms with Crippen LogP contribution in [0.25, 0.3) is 10.6 Å². The monoisotopic (exact) mass is 396 g/mol. The van der Waals surface area contributed by atoms with Crippen LogP contribution < -0.4 is 14.8 Å². The fourth-order valence-electron chi connectivity index (χ4n) is 2.83. The molecule has 3 rings (SSSR count). The van der Waals surface area contributed by atoms with Crippen LogP contribution in [0, 0.1) is 13.8 Å². The lowest BCUT2D eigenvalue weighted by atomic mass is 10.1. The summed E-state index contributed by atoms with van der Waals surface area (Å²) in [6, 6.07) is 13.7. The van der Waals surface area contributed by atoms with Gasteiger partial charge < -0.3 is 14.8 Å². The van der Waals surface area contributed by atoms with Crippen molar-refractivity contribution in [2.24, 2.45) is 0 Å². The summed E-state index contributed by atoms with van der Waals surface area (Å²) in [5, 5.41) is 5.75. The van der Waals surface area contributed by atoms with E-state index in [0.717, 1.165) is 33.1 Å². The van der Waals surface area contributed by atoms with Gasteiger partial charge in [0, 0.05) is 10.9 Å². The van der Waals surface area contributed by atoms with Crippen molar-refractivity contribution in [1.29, 1.82) is 0 Å². The van der Waals surface area contributed by atoms with E-state index in [1.165, 1.54) is 0 Å². The minimum absolute atomic E-state index is 0.168. The summed E-state index contributed by atoms with van der Waals surface area (Å²) in [6.45, 7) is 6.13. The molecule has 1 N–H and O–H groups in total. The van der Waals surface area contributed by atoms with Crippen molar-refractivity contribution in [3.63, 3.8) is 0 Å². The van der Waals surface area contributed by atoms with E-state index in [1.54, 1.807) is 25.4 Å². The Morgan fingerprint density at radius 2 is 1.79 bits per heavy atom. The Bertz CT molecular complexity index is 930. The van der Waals surface area contributed by atoms with Crippen LogP contribution in [0.3, 0.4) is 0 Å². The standard InChI is InChI=1S/C22H24N2O3S/c1-14-9-15(2)11-20(10-14)27-16(3)21(25)23-12-18-13-28-22(24-18)17-5-7-19(26-4)8-6-17/h5-11,13,16H,12H2,1-4H3,(H,23,25)/t16-/m1/s1. The van der Waals surface area contributed by atoms with E-state index < -0.39 is 6.10 Å². The Hall–Kier alpha value is -2.86. The zero-order valence-electron chi connectivity index (χ0n) is 16.5. The number of benzene rings is 2. The number of rotatable bonds is 7. The van der Waals surface area contributed by atoms with Crippen LogP contribution in [0.2, 0.25) is 0 Å². The highest BCUT2D eigenvalue weighted by molar-refractivity contribution is 7.13. The van der Waals surface area contributed by atoms with Crippen molar-refractivity contribution in [2.45, 2.75) is 33.4 Å². The summed E-state index contributed by atoms with van der Waals surface area (Å²) in [4.78, 5) is 17.0. The zero-order chi connectivity index (χ0) is 20.1. The summed E-state index contributed by atoms with van der Waals surface area (Å²) >= 11 is 1.55. The Labute approximate surface area is 169 Å². The minimum Gasteiger partial charge on any atom is -0.497 e. The van der Waals surface area contributed by atoms with Gasteiger partial charge in [-0.15, -0.1) is 11.3 Å². The van der Waals surface area contributed by atoms with Gasteiger partial charge in [-0.2, -0.15) is 0 Å². The molecule has 3 aromatic rings. The molecule has 5 nitrogen and oxygen atoms in total. The molecule has 1 aromatic heterocycles. The number of nitrogens with zero attached hydrogens (tertiary/aromatic N) is 1. The molecule has 2 aromatic carbocycles. The van der Waals surface area contributed by atoms with Crippen molar-refractivity contribution < 1.29 is 14.3 Å². The van der Waals surface area contributed by atoms with Crippen LogP contribution in [0.5, 0.6) is 11.5 Å². The highest BCUT2D eigenvalue weighted by atomic mass is 32.1. The topological polar surface area (TPSA) is 60.5 Å². The Morgan fingerprint density at radius 1 is 1.11 bits per heavy atom. The number of aromatic nitrogens is 1. The SMILES string of the molecule is COc1ccc(-c2nc(CNC(=O)[C@@H](C)Oc3cc(C)cc(C)c3)cs2)cc1. The van der Waals surface area contributed by atoms with Gasteiger partial charge in [0.15, 0.2) is 6.10 Å². The van der Waals surface area contributed by atoms with Crippen molar-refractivity contribution >= 4 is 17.2 Å². The number of carbonyl (C=O) groups is 1. The van der Waals surface area contributed by atoms with Crippen LogP contribution in [-0.4, -0.2) is 24.1 Å². The normalized spacial score (nSPS) is 11.7. The number of nitrogens with one attached hydrogen (secondary N) is 1. The van der Waals surface area contributed by atoms with Gasteiger partial charge in [0.2, 0.25) is 0 Å². The van der Waals surface area contributed by atoms with Gasteiger partial charge in [0.1, 0.15) is 16.5 Å². The average Bonchev–Trinajstić information content (AvgIpc) is 3.14. The third-order valence-electron chi connectivity index (χ3n) is 4.21. The highest BCUT2D eigenvalue weighted by Crippen LogP contribution is 2.25. The van der Waals surface area contributed by atoms with Gasteiger partial charge >= 0.3 is 0 Å². The third kappa shape index (κ3) is 5.10. The second-order valence-corrected chi connectivity index (χ2v) is 7.53. The van der Waals surface area contributed by atoms with E-state index in [-0.39, 0.29) is 5.91 Å². The molecule has 1 atom stereocenters. The fraction of sp³-hybridized carbons (Fsp3) is 0.273. The second-order valence-electron chi connectivity index (χ2n) is 6.67. The number of hydrogen-bond acceptors (Lipinski definition) is 5. The van der Waals surface area contributed by atoms with E-state index in [4.69, 9.17) is 9.47 Å². The number of thiazole rings is 1. The van der Waals surface area contributed by atoms with Gasteiger partial charge in [0.25, 0.3) is 5.91 Å². The van der Waals surface area contributed by atoms with E-state index in [1.807, 2.05) is 55.6 Å². The summed E-state index contributed by atoms with van der Waals surface area (Å²) in [5.74, 6) is 1.35. The van der Waals surface area contributed by atoms with Crippen LogP contribution in [0.1, 0.15) is 23.7 Å². The van der Waals surface area contributed by atoms with Gasteiger partial charge in [-0.25, -0.2) is 4.98 Å². The first-order valence-corrected chi connectivity index (χ1v) is 9.94. The predicted octanol–water partition coefficient (Wildman–Crippen LogP) is 4.52. The molecule has 28 heavy (non-hydrogen) atoms. The minimum atomic E-state index is -0.583. The first kappa shape index (κ1) is 19.9. The lowest BCUT2D eigenvalue weighted by molar-refractivity contribution is -0.127. The first-order chi connectivity index (χ1) is 13.4. The number of amides is 1. The molecule has 146 valence electrons. The summed E-state index contributed by atoms with van der Waals surface area (Å²) in [6.07, 6.45) is -0.583. The highest BCUT2D eigenvalue weighted by Gasteiger charge is 2.15. The molecule has 1 heterocycles. The number of carbonyl (C=O) groups excluding carboxylic acids is 1. The first-order valence-electron chi connectivity index (χ1n) is 9.06. The largest absolute Gasteiger partial charge is 0.497 e. The molecular weight excluding hydrogens is 372 g/mol. The molecule has 0 aliphatic heterocycles. The number of hydrogen-bond donors (Lipinski definition) is 1. The van der Waals surface area contributed by atoms with Crippen LogP contribution in [0.15, 0.2) is 47.8 Å². The Balaban J connectivity index is 1.56. The quantitative estimate of drug-likeness (QED) is 0.638. The van der Waals surface area contributed by atoms with E-state index in [0.29, 0.717) is 12.3 Å². The van der Waals surface area contributed by atoms with Crippen LogP contribution in [-0.2, 0) is 11.3 Å². The molecule has 0 fully saturated rings. The summed E-state index contributed by atoms with van der Waals surface area (Å²) < 4.78 is 11.0. The third-order valence-corrected chi connectivity index (χ3v) is 5.15. The predicted molar refractivity (Wildman–Crippen MR) is 112 cm³/mol. The molecule has 0 aliphatic rings. The summed E-state index contributed by atoms with van der Waals surface area (Å²) in [5.41, 5.74) is 4.06. The van der Waals surface area contributed by atoms with Crippen LogP contribution >= 0.6 is 11.3 Å². The molecule has 0 saturated carbocycles. The van der Waals surface area contributed by atoms with Gasteiger partial charge in [-0.1, -0.05) is 6.07 Å². The maximum Gasteiger partial charge on any atom is 0.261 e. The lowest BCUT2D eigenvalue weighted by Gasteiger charge is -2.15. The van der Waals surface area contributed by atoms with Gasteiger partial charge in [-0.3, -0.25) is 4.79 Å². The molecule has 0 bridgehead atoms. The molecule has 1 amide bonds. The van der Waals surface area contributed by atoms with E-state index >= 15 is 0 Å². The lowest BCUT2D eigenvalue weighted by Crippen LogP contribution is -2.36. The van der Waals surface area contributed by atoms with Crippen molar-refractivity contribution in [3.05, 3.63) is 64.7 Å². The molecule has 0 radical (unpaired) electrons. The molecule has 0 saturated heterocycles. The smallest absolute Gasteiger partial charge is 0.261 e. The zero-order valence-corrected chi connectivity index (χ0v) is 17.3. The summed E-state index contributed by atoms with van der Waals surface area (Å²) in [7, 11) is 1.64. The van der Waals surface area contributed by atoms with E-state index in [2.05, 4.69) is 16.4 Å². The Morgan fingerprint density at radius 3 is 2.43 bits per heavy atom. The molecule has 6 heteroatoms. The number of ether oxygens (including phenoxy) is 2. The van der Waals surface area contributed by atoms with Crippen molar-refractivity contribution in [1.82, 2.24) is 10.3 Å². The average molecular weight is 397 g/mol. The Kier molecular flexibility index (Phi) is 6.31. The maximum absolute atomic E-state index is 12.4. The second kappa shape index (κ2) is 8.89. The van der Waals surface area contributed by atoms with Gasteiger partial charge in [-0.05, 0) is 68.3 Å². The molecule has 0 spiro atoms. The fourth-order valence-corrected chi connectivity index (χ4v) is 3.66. The number of aryl methyl sites for hydroxylation is 2. The van der Waals surface area contributed by atoms with Gasteiger partial charge in [0.05, 0.1) is 19.3 Å². The van der Waals surface area contributed by atoms with Crippen molar-refractivity contribution in [2.75, 3.05) is 7.11 Å². The maximum atomic E-state index is 12.4. The van der Waals surface area contributed by atoms with Crippen LogP contribution in [0.4, 0.5) is 0 Å². The van der Waals surface area contributed by atoms with E-state index in [9.17, 15) is 4.79 Å². The van der Waals surface area contributed by atoms with Crippen molar-refractivity contribution in [3.8, 4) is 22.1 Å². The molecule has 0 aliphatic carbocycles. The molecular formula is C22H24N2O3S. The molecule has 0 unspecified atom stereocenters. The number of methoxy groups -OCH3 is 1.